The molecule has 11 rings (SSSR count). The third kappa shape index (κ3) is 6.23. The number of hydrogen-bond acceptors (Lipinski definition) is 1. The van der Waals surface area contributed by atoms with Crippen LogP contribution in [-0.2, 0) is 0 Å². The lowest BCUT2D eigenvalue weighted by atomic mass is 9.93. The molecule has 2 heteroatoms. The van der Waals surface area contributed by atoms with E-state index in [1.807, 2.05) is 0 Å². The minimum absolute atomic E-state index is 1.07. The third-order valence-corrected chi connectivity index (χ3v) is 11.8. The maximum absolute atomic E-state index is 2.46. The molecule has 282 valence electrons. The maximum Gasteiger partial charge on any atom is 0.0562 e. The van der Waals surface area contributed by atoms with E-state index in [4.69, 9.17) is 0 Å². The summed E-state index contributed by atoms with van der Waals surface area (Å²) < 4.78 is 2.46. The van der Waals surface area contributed by atoms with Crippen molar-refractivity contribution in [3.8, 4) is 50.2 Å². The second kappa shape index (κ2) is 15.1. The van der Waals surface area contributed by atoms with Crippen LogP contribution in [0, 0.1) is 0 Å². The molecule has 0 fully saturated rings. The lowest BCUT2D eigenvalue weighted by Gasteiger charge is -2.29. The van der Waals surface area contributed by atoms with Gasteiger partial charge in [0.2, 0.25) is 0 Å². The molecular formula is C58H40N2. The molecule has 0 atom stereocenters. The molecule has 0 saturated carbocycles. The summed E-state index contributed by atoms with van der Waals surface area (Å²) >= 11 is 0. The highest BCUT2D eigenvalue weighted by Gasteiger charge is 2.22. The first-order valence-corrected chi connectivity index (χ1v) is 20.6. The number of benzene rings is 10. The van der Waals surface area contributed by atoms with Crippen LogP contribution >= 0.6 is 0 Å². The van der Waals surface area contributed by atoms with Crippen molar-refractivity contribution in [3.63, 3.8) is 0 Å². The highest BCUT2D eigenvalue weighted by Crippen LogP contribution is 2.46. The first-order chi connectivity index (χ1) is 29.8. The largest absolute Gasteiger partial charge is 0.310 e. The van der Waals surface area contributed by atoms with Crippen LogP contribution in [0.25, 0.3) is 82.8 Å². The van der Waals surface area contributed by atoms with E-state index in [9.17, 15) is 0 Å². The average molecular weight is 765 g/mol. The fourth-order valence-electron chi connectivity index (χ4n) is 8.96. The Morgan fingerprint density at radius 2 is 0.817 bits per heavy atom. The summed E-state index contributed by atoms with van der Waals surface area (Å²) in [5, 5.41) is 4.88. The highest BCUT2D eigenvalue weighted by molar-refractivity contribution is 6.11. The lowest BCUT2D eigenvalue weighted by Crippen LogP contribution is -2.12. The molecule has 0 unspecified atom stereocenters. The minimum atomic E-state index is 1.07. The van der Waals surface area contributed by atoms with Crippen molar-refractivity contribution in [1.82, 2.24) is 4.57 Å². The summed E-state index contributed by atoms with van der Waals surface area (Å²) in [6, 6.07) is 88.0. The standard InChI is InChI=1S/C58H40N2/c1-4-17-41(18-5-1)43-31-34-47(35-32-43)59(57-39-46(42-19-6-2-7-20-42)33-37-53(57)51-28-16-24-44-23-10-11-25-49(44)51)48-36-38-54-52-27-13-15-30-56(52)60(58(54)40-48)55-29-14-12-26-50(55)45-21-8-3-9-22-45/h1-40H. The summed E-state index contributed by atoms with van der Waals surface area (Å²) in [7, 11) is 0. The van der Waals surface area contributed by atoms with Crippen molar-refractivity contribution < 1.29 is 0 Å². The molecule has 0 aliphatic heterocycles. The van der Waals surface area contributed by atoms with Crippen molar-refractivity contribution >= 4 is 49.6 Å². The van der Waals surface area contributed by atoms with Gasteiger partial charge in [0.05, 0.1) is 22.4 Å². The van der Waals surface area contributed by atoms with Gasteiger partial charge in [0.25, 0.3) is 0 Å². The van der Waals surface area contributed by atoms with Gasteiger partial charge in [0.15, 0.2) is 0 Å². The van der Waals surface area contributed by atoms with E-state index in [1.54, 1.807) is 0 Å². The fraction of sp³-hybridized carbons (Fsp3) is 0. The van der Waals surface area contributed by atoms with Crippen LogP contribution in [0.5, 0.6) is 0 Å². The molecule has 11 aromatic rings. The van der Waals surface area contributed by atoms with Gasteiger partial charge in [-0.25, -0.2) is 0 Å². The normalized spacial score (nSPS) is 11.3. The molecule has 0 radical (unpaired) electrons. The molecule has 0 spiro atoms. The van der Waals surface area contributed by atoms with Gasteiger partial charge in [0, 0.05) is 33.3 Å². The molecule has 60 heavy (non-hydrogen) atoms. The Hall–Kier alpha value is -7.94. The number of nitrogens with zero attached hydrogens (tertiary/aromatic N) is 2. The molecule has 0 aliphatic rings. The number of para-hydroxylation sites is 2. The summed E-state index contributed by atoms with van der Waals surface area (Å²) in [6.07, 6.45) is 0. The summed E-state index contributed by atoms with van der Waals surface area (Å²) in [5.41, 5.74) is 16.2. The topological polar surface area (TPSA) is 8.17 Å². The van der Waals surface area contributed by atoms with Crippen molar-refractivity contribution in [3.05, 3.63) is 243 Å². The van der Waals surface area contributed by atoms with Crippen LogP contribution in [0.15, 0.2) is 243 Å². The Kier molecular flexibility index (Phi) is 8.87. The van der Waals surface area contributed by atoms with Crippen LogP contribution in [0.2, 0.25) is 0 Å². The van der Waals surface area contributed by atoms with Crippen LogP contribution in [-0.4, -0.2) is 4.57 Å². The third-order valence-electron chi connectivity index (χ3n) is 11.8. The zero-order valence-electron chi connectivity index (χ0n) is 33.0. The van der Waals surface area contributed by atoms with Crippen molar-refractivity contribution in [2.24, 2.45) is 0 Å². The number of rotatable bonds is 8. The Bertz CT molecular complexity index is 3290. The number of fused-ring (bicyclic) bond motifs is 4. The smallest absolute Gasteiger partial charge is 0.0562 e. The Morgan fingerprint density at radius 3 is 1.58 bits per heavy atom. The van der Waals surface area contributed by atoms with Crippen LogP contribution in [0.4, 0.5) is 17.1 Å². The first-order valence-electron chi connectivity index (χ1n) is 20.6. The van der Waals surface area contributed by atoms with E-state index < -0.39 is 0 Å². The van der Waals surface area contributed by atoms with E-state index in [-0.39, 0.29) is 0 Å². The van der Waals surface area contributed by atoms with Gasteiger partial charge in [-0.05, 0) is 86.6 Å². The molecule has 0 aliphatic carbocycles. The van der Waals surface area contributed by atoms with E-state index in [0.29, 0.717) is 0 Å². The number of anilines is 3. The predicted octanol–water partition coefficient (Wildman–Crippen LogP) is 16.1. The molecule has 0 N–H and O–H groups in total. The van der Waals surface area contributed by atoms with Crippen molar-refractivity contribution in [2.75, 3.05) is 4.90 Å². The highest BCUT2D eigenvalue weighted by atomic mass is 15.1. The minimum Gasteiger partial charge on any atom is -0.310 e. The van der Waals surface area contributed by atoms with E-state index in [0.717, 1.165) is 39.4 Å². The molecular weight excluding hydrogens is 725 g/mol. The zero-order chi connectivity index (χ0) is 39.8. The zero-order valence-corrected chi connectivity index (χ0v) is 33.0. The van der Waals surface area contributed by atoms with Gasteiger partial charge >= 0.3 is 0 Å². The molecule has 2 nitrogen and oxygen atoms in total. The molecule has 0 saturated heterocycles. The molecule has 10 aromatic carbocycles. The first kappa shape index (κ1) is 35.2. The lowest BCUT2D eigenvalue weighted by molar-refractivity contribution is 1.18. The van der Waals surface area contributed by atoms with Gasteiger partial charge in [-0.1, -0.05) is 200 Å². The second-order valence-corrected chi connectivity index (χ2v) is 15.3. The summed E-state index contributed by atoms with van der Waals surface area (Å²) in [6.45, 7) is 0. The monoisotopic (exact) mass is 764 g/mol. The number of hydrogen-bond donors (Lipinski definition) is 0. The van der Waals surface area contributed by atoms with Crippen molar-refractivity contribution in [1.29, 1.82) is 0 Å². The Labute approximate surface area is 350 Å². The van der Waals surface area contributed by atoms with Gasteiger partial charge in [-0.2, -0.15) is 0 Å². The Balaban J connectivity index is 1.20. The SMILES string of the molecule is c1ccc(-c2ccc(N(c3ccc4c5ccccc5n(-c5ccccc5-c5ccccc5)c4c3)c3cc(-c4ccccc4)ccc3-c3cccc4ccccc34)cc2)cc1. The fourth-order valence-corrected chi connectivity index (χ4v) is 8.96. The summed E-state index contributed by atoms with van der Waals surface area (Å²) in [5.74, 6) is 0. The summed E-state index contributed by atoms with van der Waals surface area (Å²) in [4.78, 5) is 2.46. The van der Waals surface area contributed by atoms with Gasteiger partial charge < -0.3 is 9.47 Å². The average Bonchev–Trinajstić information content (AvgIpc) is 3.66. The molecule has 1 heterocycles. The van der Waals surface area contributed by atoms with Gasteiger partial charge in [0.1, 0.15) is 0 Å². The predicted molar refractivity (Wildman–Crippen MR) is 255 cm³/mol. The van der Waals surface area contributed by atoms with E-state index in [2.05, 4.69) is 252 Å². The van der Waals surface area contributed by atoms with Crippen LogP contribution < -0.4 is 4.90 Å². The van der Waals surface area contributed by atoms with Crippen molar-refractivity contribution in [2.45, 2.75) is 0 Å². The van der Waals surface area contributed by atoms with E-state index in [1.165, 1.54) is 60.4 Å². The van der Waals surface area contributed by atoms with Crippen LogP contribution in [0.3, 0.4) is 0 Å². The Morgan fingerprint density at radius 1 is 0.283 bits per heavy atom. The molecule has 0 bridgehead atoms. The quantitative estimate of drug-likeness (QED) is 0.150. The van der Waals surface area contributed by atoms with E-state index >= 15 is 0 Å². The van der Waals surface area contributed by atoms with Gasteiger partial charge in [-0.15, -0.1) is 0 Å². The molecule has 0 amide bonds. The second-order valence-electron chi connectivity index (χ2n) is 15.3. The van der Waals surface area contributed by atoms with Gasteiger partial charge in [-0.3, -0.25) is 0 Å². The number of aromatic nitrogens is 1. The maximum atomic E-state index is 2.46. The van der Waals surface area contributed by atoms with Crippen LogP contribution in [0.1, 0.15) is 0 Å². The molecule has 1 aromatic heterocycles.